The molecule has 0 radical (unpaired) electrons. The van der Waals surface area contributed by atoms with Crippen LogP contribution in [-0.4, -0.2) is 28.2 Å². The number of hydrogen-bond donors (Lipinski definition) is 2. The highest BCUT2D eigenvalue weighted by Crippen LogP contribution is 2.23. The van der Waals surface area contributed by atoms with Crippen LogP contribution in [0.25, 0.3) is 0 Å². The Morgan fingerprint density at radius 3 is 2.89 bits per heavy atom. The molecule has 1 aliphatic rings. The monoisotopic (exact) mass is 147 g/mol. The molecule has 4 heteroatoms. The summed E-state index contributed by atoms with van der Waals surface area (Å²) in [6.07, 6.45) is 0. The fourth-order valence-electron chi connectivity index (χ4n) is 0.644. The van der Waals surface area contributed by atoms with Crippen molar-refractivity contribution >= 4 is 17.7 Å². The van der Waals surface area contributed by atoms with E-state index in [2.05, 4.69) is 5.32 Å². The summed E-state index contributed by atoms with van der Waals surface area (Å²) in [6, 6.07) is 0. The molecule has 1 aliphatic heterocycles. The Hall–Kier alpha value is -0.220. The van der Waals surface area contributed by atoms with Crippen molar-refractivity contribution in [3.8, 4) is 0 Å². The van der Waals surface area contributed by atoms with E-state index in [1.165, 1.54) is 18.7 Å². The molecule has 0 aromatic carbocycles. The largest absolute Gasteiger partial charge is 0.371 e. The average molecular weight is 147 g/mol. The zero-order valence-electron chi connectivity index (χ0n) is 5.18. The SMILES string of the molecule is CC1(O)SCCNC1=O. The van der Waals surface area contributed by atoms with Crippen LogP contribution in [0.4, 0.5) is 0 Å². The summed E-state index contributed by atoms with van der Waals surface area (Å²) in [7, 11) is 0. The zero-order valence-corrected chi connectivity index (χ0v) is 5.99. The van der Waals surface area contributed by atoms with Crippen LogP contribution in [-0.2, 0) is 4.79 Å². The first-order valence-electron chi connectivity index (χ1n) is 2.77. The first-order chi connectivity index (χ1) is 4.13. The molecule has 9 heavy (non-hydrogen) atoms. The van der Waals surface area contributed by atoms with Crippen molar-refractivity contribution in [2.75, 3.05) is 12.3 Å². The van der Waals surface area contributed by atoms with Gasteiger partial charge in [-0.1, -0.05) is 0 Å². The van der Waals surface area contributed by atoms with E-state index < -0.39 is 4.93 Å². The fraction of sp³-hybridized carbons (Fsp3) is 0.800. The molecule has 1 amide bonds. The standard InChI is InChI=1S/C5H9NO2S/c1-5(8)4(7)6-2-3-9-5/h8H,2-3H2,1H3,(H,6,7). The summed E-state index contributed by atoms with van der Waals surface area (Å²) in [6.45, 7) is 2.17. The third-order valence-electron chi connectivity index (χ3n) is 1.19. The van der Waals surface area contributed by atoms with Gasteiger partial charge < -0.3 is 10.4 Å². The van der Waals surface area contributed by atoms with Crippen LogP contribution in [0.5, 0.6) is 0 Å². The van der Waals surface area contributed by atoms with Crippen LogP contribution in [0.2, 0.25) is 0 Å². The number of carbonyl (C=O) groups is 1. The number of carbonyl (C=O) groups excluding carboxylic acids is 1. The van der Waals surface area contributed by atoms with Crippen molar-refractivity contribution in [2.24, 2.45) is 0 Å². The van der Waals surface area contributed by atoms with Crippen molar-refractivity contribution in [2.45, 2.75) is 11.9 Å². The van der Waals surface area contributed by atoms with Gasteiger partial charge in [0.1, 0.15) is 0 Å². The second-order valence-corrected chi connectivity index (χ2v) is 3.58. The smallest absolute Gasteiger partial charge is 0.262 e. The maximum Gasteiger partial charge on any atom is 0.262 e. The number of rotatable bonds is 0. The molecule has 0 bridgehead atoms. The second-order valence-electron chi connectivity index (χ2n) is 2.09. The normalized spacial score (nSPS) is 36.0. The van der Waals surface area contributed by atoms with E-state index in [-0.39, 0.29) is 5.91 Å². The Bertz CT molecular complexity index is 135. The number of hydrogen-bond acceptors (Lipinski definition) is 3. The summed E-state index contributed by atoms with van der Waals surface area (Å²) < 4.78 is 0. The van der Waals surface area contributed by atoms with Crippen LogP contribution in [0.3, 0.4) is 0 Å². The third kappa shape index (κ3) is 1.37. The van der Waals surface area contributed by atoms with Gasteiger partial charge in [0.15, 0.2) is 4.93 Å². The number of nitrogens with one attached hydrogen (secondary N) is 1. The first kappa shape index (κ1) is 6.89. The molecule has 3 nitrogen and oxygen atoms in total. The van der Waals surface area contributed by atoms with Gasteiger partial charge in [0.05, 0.1) is 0 Å². The summed E-state index contributed by atoms with van der Waals surface area (Å²) >= 11 is 1.27. The molecule has 1 atom stereocenters. The number of amides is 1. The summed E-state index contributed by atoms with van der Waals surface area (Å²) in [5.41, 5.74) is 0. The lowest BCUT2D eigenvalue weighted by molar-refractivity contribution is -0.131. The summed E-state index contributed by atoms with van der Waals surface area (Å²) in [5.74, 6) is 0.511. The van der Waals surface area contributed by atoms with Crippen LogP contribution in [0.15, 0.2) is 0 Å². The molecule has 0 aliphatic carbocycles. The molecule has 1 fully saturated rings. The maximum absolute atomic E-state index is 10.7. The van der Waals surface area contributed by atoms with E-state index in [9.17, 15) is 9.90 Å². The fourth-order valence-corrected chi connectivity index (χ4v) is 1.45. The van der Waals surface area contributed by atoms with Gasteiger partial charge in [-0.2, -0.15) is 0 Å². The van der Waals surface area contributed by atoms with Gasteiger partial charge in [0.2, 0.25) is 0 Å². The van der Waals surface area contributed by atoms with Gasteiger partial charge in [0.25, 0.3) is 5.91 Å². The van der Waals surface area contributed by atoms with E-state index in [4.69, 9.17) is 0 Å². The molecule has 1 saturated heterocycles. The summed E-state index contributed by atoms with van der Waals surface area (Å²) in [4.78, 5) is 9.54. The van der Waals surface area contributed by atoms with Crippen LogP contribution < -0.4 is 5.32 Å². The highest BCUT2D eigenvalue weighted by Gasteiger charge is 2.33. The Kier molecular flexibility index (Phi) is 1.68. The minimum Gasteiger partial charge on any atom is -0.371 e. The Balaban J connectivity index is 2.60. The van der Waals surface area contributed by atoms with Gasteiger partial charge in [-0.25, -0.2) is 0 Å². The first-order valence-corrected chi connectivity index (χ1v) is 3.76. The van der Waals surface area contributed by atoms with Crippen molar-refractivity contribution in [3.63, 3.8) is 0 Å². The molecule has 2 N–H and O–H groups in total. The highest BCUT2D eigenvalue weighted by molar-refractivity contribution is 8.01. The van der Waals surface area contributed by atoms with Gasteiger partial charge in [-0.3, -0.25) is 4.79 Å². The number of thioether (sulfide) groups is 1. The van der Waals surface area contributed by atoms with E-state index in [0.717, 1.165) is 5.75 Å². The Morgan fingerprint density at radius 1 is 1.89 bits per heavy atom. The predicted molar refractivity (Wildman–Crippen MR) is 36.1 cm³/mol. The van der Waals surface area contributed by atoms with Gasteiger partial charge in [-0.05, 0) is 6.92 Å². The molecule has 0 aromatic rings. The molecule has 1 rings (SSSR count). The van der Waals surface area contributed by atoms with E-state index in [1.54, 1.807) is 0 Å². The predicted octanol–water partition coefficient (Wildman–Crippen LogP) is -0.442. The third-order valence-corrected chi connectivity index (χ3v) is 2.35. The summed E-state index contributed by atoms with van der Waals surface area (Å²) in [5, 5.41) is 11.8. The lowest BCUT2D eigenvalue weighted by atomic mass is 10.3. The van der Waals surface area contributed by atoms with Crippen LogP contribution in [0, 0.1) is 0 Å². The van der Waals surface area contributed by atoms with Crippen LogP contribution in [0.1, 0.15) is 6.92 Å². The van der Waals surface area contributed by atoms with Crippen molar-refractivity contribution in [1.29, 1.82) is 0 Å². The number of aliphatic hydroxyl groups is 1. The highest BCUT2D eigenvalue weighted by atomic mass is 32.2. The van der Waals surface area contributed by atoms with Gasteiger partial charge in [-0.15, -0.1) is 11.8 Å². The molecular formula is C5H9NO2S. The lowest BCUT2D eigenvalue weighted by Gasteiger charge is -2.25. The van der Waals surface area contributed by atoms with E-state index in [0.29, 0.717) is 6.54 Å². The van der Waals surface area contributed by atoms with Gasteiger partial charge in [0, 0.05) is 12.3 Å². The average Bonchev–Trinajstić information content (AvgIpc) is 1.77. The van der Waals surface area contributed by atoms with E-state index in [1.807, 2.05) is 0 Å². The molecular weight excluding hydrogens is 138 g/mol. The second kappa shape index (κ2) is 2.19. The zero-order chi connectivity index (χ0) is 6.91. The Morgan fingerprint density at radius 2 is 2.56 bits per heavy atom. The van der Waals surface area contributed by atoms with Crippen molar-refractivity contribution < 1.29 is 9.90 Å². The molecule has 1 unspecified atom stereocenters. The van der Waals surface area contributed by atoms with Crippen molar-refractivity contribution in [3.05, 3.63) is 0 Å². The molecule has 0 aromatic heterocycles. The molecule has 52 valence electrons. The minimum absolute atomic E-state index is 0.279. The lowest BCUT2D eigenvalue weighted by Crippen LogP contribution is -2.47. The quantitative estimate of drug-likeness (QED) is 0.488. The minimum atomic E-state index is -1.20. The van der Waals surface area contributed by atoms with Crippen LogP contribution >= 0.6 is 11.8 Å². The van der Waals surface area contributed by atoms with Crippen molar-refractivity contribution in [1.82, 2.24) is 5.32 Å². The van der Waals surface area contributed by atoms with E-state index >= 15 is 0 Å². The Labute approximate surface area is 57.8 Å². The molecule has 0 spiro atoms. The molecule has 1 heterocycles. The molecule has 0 saturated carbocycles. The maximum atomic E-state index is 10.7. The van der Waals surface area contributed by atoms with Gasteiger partial charge >= 0.3 is 0 Å². The topological polar surface area (TPSA) is 49.3 Å².